The molecule has 12 nitrogen and oxygen atoms in total. The molecule has 0 saturated carbocycles. The standard InChI is InChI=1S/C30H50N6O6/c1-19(2)14-36(27(38)24-13-32-28(30(5,6)7)33-25(24)31-10-9-11-41-8)23-12-22(17-35(18-23)29(39)40)26(37)34-15-20(3)42-21(4)16-34/h13,19-23H,9-12,14-18H2,1-8H3,(H,39,40)(H,31,32,33)/t20?,21?,22-,23+/m1/s1. The molecule has 0 radical (unpaired) electrons. The van der Waals surface area contributed by atoms with Crippen molar-refractivity contribution in [3.8, 4) is 0 Å². The molecule has 3 heterocycles. The van der Waals surface area contributed by atoms with Crippen molar-refractivity contribution >= 4 is 23.7 Å². The largest absolute Gasteiger partial charge is 0.465 e. The number of methoxy groups -OCH3 is 1. The number of amides is 3. The van der Waals surface area contributed by atoms with Gasteiger partial charge in [-0.25, -0.2) is 14.8 Å². The van der Waals surface area contributed by atoms with Gasteiger partial charge in [0.25, 0.3) is 5.91 Å². The first-order chi connectivity index (χ1) is 19.7. The van der Waals surface area contributed by atoms with Gasteiger partial charge < -0.3 is 34.6 Å². The molecule has 0 spiro atoms. The normalized spacial score (nSPS) is 23.2. The van der Waals surface area contributed by atoms with Crippen molar-refractivity contribution in [2.45, 2.75) is 85.0 Å². The fourth-order valence-corrected chi connectivity index (χ4v) is 5.65. The predicted octanol–water partition coefficient (Wildman–Crippen LogP) is 3.33. The third-order valence-corrected chi connectivity index (χ3v) is 7.55. The van der Waals surface area contributed by atoms with E-state index in [0.29, 0.717) is 56.4 Å². The lowest BCUT2D eigenvalue weighted by atomic mass is 9.90. The highest BCUT2D eigenvalue weighted by atomic mass is 16.5. The molecular weight excluding hydrogens is 540 g/mol. The van der Waals surface area contributed by atoms with Crippen molar-refractivity contribution in [1.29, 1.82) is 0 Å². The lowest BCUT2D eigenvalue weighted by molar-refractivity contribution is -0.149. The zero-order valence-electron chi connectivity index (χ0n) is 26.6. The van der Waals surface area contributed by atoms with E-state index in [1.54, 1.807) is 23.1 Å². The number of carboxylic acid groups (broad SMARTS) is 1. The van der Waals surface area contributed by atoms with Crippen LogP contribution in [0.25, 0.3) is 0 Å². The molecule has 3 rings (SSSR count). The van der Waals surface area contributed by atoms with Crippen molar-refractivity contribution in [2.75, 3.05) is 58.3 Å². The van der Waals surface area contributed by atoms with E-state index in [-0.39, 0.29) is 48.4 Å². The summed E-state index contributed by atoms with van der Waals surface area (Å²) in [6.45, 7) is 16.6. The van der Waals surface area contributed by atoms with E-state index in [9.17, 15) is 19.5 Å². The molecule has 2 fully saturated rings. The maximum Gasteiger partial charge on any atom is 0.407 e. The Labute approximate surface area is 250 Å². The number of rotatable bonds is 10. The van der Waals surface area contributed by atoms with Gasteiger partial charge in [-0.2, -0.15) is 0 Å². The van der Waals surface area contributed by atoms with Crippen LogP contribution in [0, 0.1) is 11.8 Å². The molecule has 0 aromatic carbocycles. The molecule has 2 aliphatic rings. The SMILES string of the molecule is COCCCNc1nc(C(C)(C)C)ncc1C(=O)N(CC(C)C)[C@H]1C[C@@H](C(=O)N2CC(C)OC(C)C2)CN(C(=O)O)C1. The summed E-state index contributed by atoms with van der Waals surface area (Å²) in [5, 5.41) is 13.3. The van der Waals surface area contributed by atoms with Crippen LogP contribution in [0.3, 0.4) is 0 Å². The van der Waals surface area contributed by atoms with Crippen molar-refractivity contribution in [2.24, 2.45) is 11.8 Å². The Kier molecular flexibility index (Phi) is 11.5. The summed E-state index contributed by atoms with van der Waals surface area (Å²) in [6, 6.07) is -0.488. The second-order valence-electron chi connectivity index (χ2n) is 13.1. The number of nitrogens with zero attached hydrogens (tertiary/aromatic N) is 5. The second kappa shape index (κ2) is 14.5. The monoisotopic (exact) mass is 590 g/mol. The zero-order valence-corrected chi connectivity index (χ0v) is 26.6. The van der Waals surface area contributed by atoms with Crippen LogP contribution in [0.4, 0.5) is 10.6 Å². The van der Waals surface area contributed by atoms with Gasteiger partial charge in [-0.05, 0) is 32.6 Å². The molecule has 3 amide bonds. The van der Waals surface area contributed by atoms with Crippen molar-refractivity contribution in [3.05, 3.63) is 17.6 Å². The summed E-state index contributed by atoms with van der Waals surface area (Å²) in [6.07, 6.45) is 1.37. The number of nitrogens with one attached hydrogen (secondary N) is 1. The fourth-order valence-electron chi connectivity index (χ4n) is 5.65. The van der Waals surface area contributed by atoms with Crippen LogP contribution >= 0.6 is 0 Å². The van der Waals surface area contributed by atoms with Gasteiger partial charge in [0.15, 0.2) is 0 Å². The molecule has 2 unspecified atom stereocenters. The van der Waals surface area contributed by atoms with Gasteiger partial charge in [0, 0.05) is 64.6 Å². The van der Waals surface area contributed by atoms with Gasteiger partial charge in [-0.15, -0.1) is 0 Å². The minimum Gasteiger partial charge on any atom is -0.465 e. The van der Waals surface area contributed by atoms with E-state index in [1.165, 1.54) is 4.90 Å². The van der Waals surface area contributed by atoms with E-state index in [4.69, 9.17) is 14.5 Å². The highest BCUT2D eigenvalue weighted by Crippen LogP contribution is 2.29. The molecular formula is C30H50N6O6. The maximum absolute atomic E-state index is 14.3. The summed E-state index contributed by atoms with van der Waals surface area (Å²) in [5.41, 5.74) is 0.00231. The summed E-state index contributed by atoms with van der Waals surface area (Å²) in [4.78, 5) is 54.3. The Bertz CT molecular complexity index is 1080. The molecule has 0 aliphatic carbocycles. The predicted molar refractivity (Wildman–Crippen MR) is 160 cm³/mol. The van der Waals surface area contributed by atoms with Gasteiger partial charge in [0.2, 0.25) is 5.91 Å². The molecule has 236 valence electrons. The van der Waals surface area contributed by atoms with Crippen LogP contribution in [0.5, 0.6) is 0 Å². The average molecular weight is 591 g/mol. The van der Waals surface area contributed by atoms with Gasteiger partial charge in [0.1, 0.15) is 17.2 Å². The van der Waals surface area contributed by atoms with Crippen LogP contribution in [-0.2, 0) is 19.7 Å². The first-order valence-corrected chi connectivity index (χ1v) is 15.0. The van der Waals surface area contributed by atoms with Crippen molar-refractivity contribution in [1.82, 2.24) is 24.7 Å². The molecule has 2 saturated heterocycles. The number of carbonyl (C=O) groups excluding carboxylic acids is 2. The number of ether oxygens (including phenoxy) is 2. The molecule has 1 aromatic rings. The van der Waals surface area contributed by atoms with E-state index in [1.807, 2.05) is 48.5 Å². The number of morpholine rings is 1. The summed E-state index contributed by atoms with van der Waals surface area (Å²) >= 11 is 0. The maximum atomic E-state index is 14.3. The summed E-state index contributed by atoms with van der Waals surface area (Å²) in [7, 11) is 1.64. The average Bonchev–Trinajstić information content (AvgIpc) is 2.91. The number of hydrogen-bond acceptors (Lipinski definition) is 8. The molecule has 2 N–H and O–H groups in total. The molecule has 42 heavy (non-hydrogen) atoms. The highest BCUT2D eigenvalue weighted by Gasteiger charge is 2.41. The fraction of sp³-hybridized carbons (Fsp3) is 0.767. The molecule has 2 aliphatic heterocycles. The highest BCUT2D eigenvalue weighted by molar-refractivity contribution is 5.98. The summed E-state index contributed by atoms with van der Waals surface area (Å²) in [5.74, 6) is 0.222. The number of likely N-dealkylation sites (tertiary alicyclic amines) is 1. The third kappa shape index (κ3) is 8.76. The lowest BCUT2D eigenvalue weighted by Gasteiger charge is -2.44. The Balaban J connectivity index is 1.95. The van der Waals surface area contributed by atoms with Gasteiger partial charge in [-0.1, -0.05) is 34.6 Å². The molecule has 1 aromatic heterocycles. The number of anilines is 1. The van der Waals surface area contributed by atoms with Crippen LogP contribution < -0.4 is 5.32 Å². The third-order valence-electron chi connectivity index (χ3n) is 7.55. The Morgan fingerprint density at radius 2 is 1.81 bits per heavy atom. The van der Waals surface area contributed by atoms with Crippen molar-refractivity contribution < 1.29 is 29.0 Å². The minimum absolute atomic E-state index is 0.0942. The molecule has 4 atom stereocenters. The number of aromatic nitrogens is 2. The molecule has 12 heteroatoms. The Morgan fingerprint density at radius 1 is 1.14 bits per heavy atom. The molecule has 0 bridgehead atoms. The van der Waals surface area contributed by atoms with Gasteiger partial charge in [0.05, 0.1) is 24.2 Å². The summed E-state index contributed by atoms with van der Waals surface area (Å²) < 4.78 is 11.0. The van der Waals surface area contributed by atoms with E-state index < -0.39 is 18.1 Å². The topological polar surface area (TPSA) is 137 Å². The van der Waals surface area contributed by atoms with Gasteiger partial charge in [-0.3, -0.25) is 9.59 Å². The second-order valence-corrected chi connectivity index (χ2v) is 13.1. The van der Waals surface area contributed by atoms with Crippen molar-refractivity contribution in [3.63, 3.8) is 0 Å². The van der Waals surface area contributed by atoms with Crippen LogP contribution in [0.2, 0.25) is 0 Å². The van der Waals surface area contributed by atoms with E-state index >= 15 is 0 Å². The van der Waals surface area contributed by atoms with Gasteiger partial charge >= 0.3 is 6.09 Å². The van der Waals surface area contributed by atoms with E-state index in [2.05, 4.69) is 10.3 Å². The van der Waals surface area contributed by atoms with Crippen LogP contribution in [0.15, 0.2) is 6.20 Å². The lowest BCUT2D eigenvalue weighted by Crippen LogP contribution is -2.58. The van der Waals surface area contributed by atoms with Crippen LogP contribution in [0.1, 0.15) is 77.5 Å². The Morgan fingerprint density at radius 3 is 2.38 bits per heavy atom. The number of piperidine rings is 1. The smallest absolute Gasteiger partial charge is 0.407 e. The van der Waals surface area contributed by atoms with E-state index in [0.717, 1.165) is 6.42 Å². The zero-order chi connectivity index (χ0) is 31.2. The number of hydrogen-bond donors (Lipinski definition) is 2. The minimum atomic E-state index is -1.10. The Hall–Kier alpha value is -2.99. The first kappa shape index (κ1) is 33.5. The number of carbonyl (C=O) groups is 3. The van der Waals surface area contributed by atoms with Crippen LogP contribution in [-0.4, -0.2) is 119 Å². The first-order valence-electron chi connectivity index (χ1n) is 15.0. The quantitative estimate of drug-likeness (QED) is 0.393.